The Morgan fingerprint density at radius 3 is 2.25 bits per heavy atom. The molecule has 1 aromatic carbocycles. The second-order valence-corrected chi connectivity index (χ2v) is 7.13. The standard InChI is InChI=1S/C20H31N2O2/c1-5-20(17-11-9-8-10-12-17)14-13-18(23)21(19(20)24)15-16-22(4,6-2)7-3/h8-12H,5-7,13-16H2,1-4H3/q+1/t20-/m0/s1. The zero-order valence-electron chi connectivity index (χ0n) is 15.5. The van der Waals surface area contributed by atoms with Crippen molar-refractivity contribution < 1.29 is 14.1 Å². The lowest BCUT2D eigenvalue weighted by atomic mass is 9.71. The SMILES string of the molecule is CC[C@@]1(c2ccccc2)CCC(=O)N(CC[N+](C)(CC)CC)C1=O. The summed E-state index contributed by atoms with van der Waals surface area (Å²) >= 11 is 0. The molecule has 0 saturated carbocycles. The Bertz CT molecular complexity index is 581. The van der Waals surface area contributed by atoms with Gasteiger partial charge in [0.25, 0.3) is 0 Å². The molecule has 1 aromatic rings. The van der Waals surface area contributed by atoms with Crippen LogP contribution in [0.4, 0.5) is 0 Å². The number of benzene rings is 1. The number of piperidine rings is 1. The van der Waals surface area contributed by atoms with Gasteiger partial charge in [0.1, 0.15) is 0 Å². The second-order valence-electron chi connectivity index (χ2n) is 7.13. The van der Waals surface area contributed by atoms with Crippen molar-refractivity contribution in [2.75, 3.05) is 33.2 Å². The van der Waals surface area contributed by atoms with Crippen LogP contribution in [-0.2, 0) is 15.0 Å². The summed E-state index contributed by atoms with van der Waals surface area (Å²) in [7, 11) is 2.18. The zero-order valence-corrected chi connectivity index (χ0v) is 15.5. The van der Waals surface area contributed by atoms with Gasteiger partial charge < -0.3 is 4.48 Å². The Balaban J connectivity index is 2.26. The van der Waals surface area contributed by atoms with E-state index in [-0.39, 0.29) is 11.8 Å². The highest BCUT2D eigenvalue weighted by atomic mass is 16.2. The van der Waals surface area contributed by atoms with Crippen LogP contribution in [0, 0.1) is 0 Å². The van der Waals surface area contributed by atoms with Crippen molar-refractivity contribution in [2.45, 2.75) is 45.4 Å². The number of nitrogens with zero attached hydrogens (tertiary/aromatic N) is 2. The molecule has 2 rings (SSSR count). The first kappa shape index (κ1) is 18.7. The van der Waals surface area contributed by atoms with Crippen molar-refractivity contribution >= 4 is 11.8 Å². The molecule has 1 atom stereocenters. The van der Waals surface area contributed by atoms with E-state index in [0.717, 1.165) is 36.1 Å². The molecule has 132 valence electrons. The van der Waals surface area contributed by atoms with Crippen LogP contribution in [0.15, 0.2) is 30.3 Å². The molecule has 1 aliphatic heterocycles. The molecule has 1 aliphatic rings. The average molecular weight is 331 g/mol. The molecule has 0 aliphatic carbocycles. The largest absolute Gasteiger partial charge is 0.325 e. The van der Waals surface area contributed by atoms with Gasteiger partial charge in [-0.3, -0.25) is 14.5 Å². The van der Waals surface area contributed by atoms with Crippen LogP contribution < -0.4 is 0 Å². The fraction of sp³-hybridized carbons (Fsp3) is 0.600. The number of likely N-dealkylation sites (tertiary alicyclic amines) is 1. The van der Waals surface area contributed by atoms with Gasteiger partial charge >= 0.3 is 0 Å². The summed E-state index contributed by atoms with van der Waals surface area (Å²) < 4.78 is 0.877. The number of quaternary nitrogens is 1. The van der Waals surface area contributed by atoms with Gasteiger partial charge in [-0.2, -0.15) is 0 Å². The minimum Gasteiger partial charge on any atom is -0.325 e. The van der Waals surface area contributed by atoms with Gasteiger partial charge in [-0.1, -0.05) is 37.3 Å². The molecule has 4 heteroatoms. The Morgan fingerprint density at radius 2 is 1.71 bits per heavy atom. The van der Waals surface area contributed by atoms with Crippen LogP contribution in [0.25, 0.3) is 0 Å². The highest BCUT2D eigenvalue weighted by Crippen LogP contribution is 2.38. The van der Waals surface area contributed by atoms with E-state index in [4.69, 9.17) is 0 Å². The zero-order chi connectivity index (χ0) is 17.8. The summed E-state index contributed by atoms with van der Waals surface area (Å²) in [5.41, 5.74) is 0.495. The predicted molar refractivity (Wildman–Crippen MR) is 96.5 cm³/mol. The second kappa shape index (κ2) is 7.47. The first-order valence-corrected chi connectivity index (χ1v) is 9.16. The Hall–Kier alpha value is -1.68. The van der Waals surface area contributed by atoms with E-state index < -0.39 is 5.41 Å². The third kappa shape index (κ3) is 3.39. The number of carbonyl (C=O) groups is 2. The maximum absolute atomic E-state index is 13.3. The smallest absolute Gasteiger partial charge is 0.240 e. The number of hydrogen-bond donors (Lipinski definition) is 0. The van der Waals surface area contributed by atoms with Crippen LogP contribution in [0.3, 0.4) is 0 Å². The van der Waals surface area contributed by atoms with Gasteiger partial charge in [0.15, 0.2) is 0 Å². The van der Waals surface area contributed by atoms with Gasteiger partial charge in [0.2, 0.25) is 11.8 Å². The predicted octanol–water partition coefficient (Wildman–Crippen LogP) is 2.97. The Morgan fingerprint density at radius 1 is 1.08 bits per heavy atom. The van der Waals surface area contributed by atoms with Crippen molar-refractivity contribution in [2.24, 2.45) is 0 Å². The lowest BCUT2D eigenvalue weighted by Crippen LogP contribution is -2.57. The monoisotopic (exact) mass is 331 g/mol. The van der Waals surface area contributed by atoms with E-state index in [0.29, 0.717) is 19.4 Å². The fourth-order valence-corrected chi connectivity index (χ4v) is 3.60. The minimum absolute atomic E-state index is 0.00814. The van der Waals surface area contributed by atoms with E-state index in [9.17, 15) is 9.59 Å². The normalized spacial score (nSPS) is 22.1. The van der Waals surface area contributed by atoms with Gasteiger partial charge in [-0.05, 0) is 32.3 Å². The topological polar surface area (TPSA) is 37.4 Å². The van der Waals surface area contributed by atoms with Crippen LogP contribution in [-0.4, -0.2) is 54.4 Å². The highest BCUT2D eigenvalue weighted by Gasteiger charge is 2.47. The van der Waals surface area contributed by atoms with E-state index in [1.54, 1.807) is 0 Å². The molecule has 1 heterocycles. The van der Waals surface area contributed by atoms with Crippen molar-refractivity contribution in [3.63, 3.8) is 0 Å². The van der Waals surface area contributed by atoms with Crippen molar-refractivity contribution in [1.29, 1.82) is 0 Å². The molecular weight excluding hydrogens is 300 g/mol. The average Bonchev–Trinajstić information content (AvgIpc) is 2.62. The van der Waals surface area contributed by atoms with Crippen molar-refractivity contribution in [3.8, 4) is 0 Å². The molecule has 0 aromatic heterocycles. The molecule has 0 bridgehead atoms. The first-order chi connectivity index (χ1) is 11.4. The Labute approximate surface area is 146 Å². The van der Waals surface area contributed by atoms with E-state index in [1.165, 1.54) is 4.90 Å². The molecule has 1 fully saturated rings. The third-order valence-corrected chi connectivity index (χ3v) is 6.04. The first-order valence-electron chi connectivity index (χ1n) is 9.16. The molecular formula is C20H31N2O2+. The van der Waals surface area contributed by atoms with Gasteiger partial charge in [-0.25, -0.2) is 0 Å². The fourth-order valence-electron chi connectivity index (χ4n) is 3.60. The Kier molecular flexibility index (Phi) is 5.81. The van der Waals surface area contributed by atoms with Gasteiger partial charge in [0.05, 0.1) is 38.6 Å². The molecule has 24 heavy (non-hydrogen) atoms. The quantitative estimate of drug-likeness (QED) is 0.569. The molecule has 1 saturated heterocycles. The van der Waals surface area contributed by atoms with E-state index in [1.807, 2.05) is 30.3 Å². The molecule has 0 spiro atoms. The van der Waals surface area contributed by atoms with Crippen LogP contribution in [0.5, 0.6) is 0 Å². The number of carbonyl (C=O) groups excluding carboxylic acids is 2. The maximum Gasteiger partial charge on any atom is 0.240 e. The lowest BCUT2D eigenvalue weighted by molar-refractivity contribution is -0.905. The molecule has 2 amide bonds. The molecule has 0 radical (unpaired) electrons. The van der Waals surface area contributed by atoms with Gasteiger partial charge in [-0.15, -0.1) is 0 Å². The third-order valence-electron chi connectivity index (χ3n) is 6.04. The summed E-state index contributed by atoms with van der Waals surface area (Å²) in [5.74, 6) is -0.0232. The van der Waals surface area contributed by atoms with E-state index >= 15 is 0 Å². The van der Waals surface area contributed by atoms with Crippen molar-refractivity contribution in [1.82, 2.24) is 4.90 Å². The van der Waals surface area contributed by atoms with Crippen molar-refractivity contribution in [3.05, 3.63) is 35.9 Å². The van der Waals surface area contributed by atoms with E-state index in [2.05, 4.69) is 27.8 Å². The lowest BCUT2D eigenvalue weighted by Gasteiger charge is -2.42. The number of rotatable bonds is 7. The van der Waals surface area contributed by atoms with Crippen LogP contribution in [0.1, 0.15) is 45.6 Å². The number of imide groups is 1. The number of likely N-dealkylation sites (N-methyl/N-ethyl adjacent to an activating group) is 1. The van der Waals surface area contributed by atoms with Crippen LogP contribution >= 0.6 is 0 Å². The number of amides is 2. The highest BCUT2D eigenvalue weighted by molar-refractivity contribution is 6.03. The van der Waals surface area contributed by atoms with Crippen LogP contribution in [0.2, 0.25) is 0 Å². The summed E-state index contributed by atoms with van der Waals surface area (Å²) in [4.78, 5) is 27.2. The molecule has 0 N–H and O–H groups in total. The van der Waals surface area contributed by atoms with Gasteiger partial charge in [0, 0.05) is 6.42 Å². The minimum atomic E-state index is -0.545. The summed E-state index contributed by atoms with van der Waals surface area (Å²) in [5, 5.41) is 0. The summed E-state index contributed by atoms with van der Waals surface area (Å²) in [6.45, 7) is 9.71. The number of hydrogen-bond acceptors (Lipinski definition) is 2. The molecule has 0 unspecified atom stereocenters. The summed E-state index contributed by atoms with van der Waals surface area (Å²) in [6.07, 6.45) is 1.80. The summed E-state index contributed by atoms with van der Waals surface area (Å²) in [6, 6.07) is 9.96. The molecule has 4 nitrogen and oxygen atoms in total. The maximum atomic E-state index is 13.3.